The largest absolute Gasteiger partial charge is 0.489 e. The number of piperazine rings is 1. The van der Waals surface area contributed by atoms with Gasteiger partial charge in [0.05, 0.1) is 18.1 Å². The van der Waals surface area contributed by atoms with Crippen molar-refractivity contribution in [2.24, 2.45) is 0 Å². The number of H-pyrrole nitrogens is 1. The van der Waals surface area contributed by atoms with E-state index in [1.165, 1.54) is 18.2 Å². The van der Waals surface area contributed by atoms with Crippen molar-refractivity contribution in [1.82, 2.24) is 24.8 Å². The highest BCUT2D eigenvalue weighted by atomic mass is 19.1. The molecule has 0 saturated carbocycles. The van der Waals surface area contributed by atoms with E-state index >= 15 is 0 Å². The van der Waals surface area contributed by atoms with E-state index in [-0.39, 0.29) is 6.61 Å². The number of fused-ring (bicyclic) bond motifs is 3. The number of anilines is 1. The molecule has 0 amide bonds. The summed E-state index contributed by atoms with van der Waals surface area (Å²) in [6.07, 6.45) is 8.04. The first-order chi connectivity index (χ1) is 18.2. The van der Waals surface area contributed by atoms with E-state index in [4.69, 9.17) is 14.5 Å². The van der Waals surface area contributed by atoms with Gasteiger partial charge in [-0.05, 0) is 24.1 Å². The summed E-state index contributed by atoms with van der Waals surface area (Å²) < 4.78 is 23.5. The molecule has 10 heteroatoms. The van der Waals surface area contributed by atoms with Crippen LogP contribution in [0.1, 0.15) is 17.5 Å². The lowest BCUT2D eigenvalue weighted by atomic mass is 9.87. The number of piperidine rings is 1. The highest BCUT2D eigenvalue weighted by Gasteiger charge is 2.44. The Balaban J connectivity index is 1.20. The van der Waals surface area contributed by atoms with E-state index in [1.54, 1.807) is 19.5 Å². The highest BCUT2D eigenvalue weighted by molar-refractivity contribution is 6.00. The fourth-order valence-electron chi connectivity index (χ4n) is 5.40. The fraction of sp³-hybridized carbons (Fsp3) is 0.333. The van der Waals surface area contributed by atoms with Crippen LogP contribution in [0.25, 0.3) is 22.2 Å². The van der Waals surface area contributed by atoms with Crippen molar-refractivity contribution in [3.8, 4) is 28.8 Å². The Morgan fingerprint density at radius 2 is 1.97 bits per heavy atom. The molecule has 0 aromatic carbocycles. The summed E-state index contributed by atoms with van der Waals surface area (Å²) in [5, 5.41) is 10.4. The summed E-state index contributed by atoms with van der Waals surface area (Å²) in [6.45, 7) is 2.04. The zero-order valence-corrected chi connectivity index (χ0v) is 20.4. The van der Waals surface area contributed by atoms with E-state index in [0.29, 0.717) is 45.9 Å². The van der Waals surface area contributed by atoms with E-state index in [2.05, 4.69) is 36.9 Å². The Morgan fingerprint density at radius 3 is 2.65 bits per heavy atom. The van der Waals surface area contributed by atoms with E-state index in [1.807, 2.05) is 24.4 Å². The topological polar surface area (TPSA) is 103 Å². The Kier molecular flexibility index (Phi) is 6.06. The van der Waals surface area contributed by atoms with Crippen LogP contribution in [0.3, 0.4) is 0 Å². The number of alkyl halides is 1. The Labute approximate surface area is 213 Å². The first-order valence-corrected chi connectivity index (χ1v) is 12.2. The maximum absolute atomic E-state index is 12.7. The van der Waals surface area contributed by atoms with Gasteiger partial charge in [-0.25, -0.2) is 19.3 Å². The van der Waals surface area contributed by atoms with Crippen LogP contribution in [-0.4, -0.2) is 70.4 Å². The Hall–Kier alpha value is -4.23. The molecular weight excluding hydrogens is 473 g/mol. The second kappa shape index (κ2) is 9.67. The predicted molar refractivity (Wildman–Crippen MR) is 136 cm³/mol. The number of aromatic nitrogens is 4. The van der Waals surface area contributed by atoms with Gasteiger partial charge in [-0.3, -0.25) is 4.90 Å². The third kappa shape index (κ3) is 4.21. The molecule has 0 aliphatic carbocycles. The van der Waals surface area contributed by atoms with Gasteiger partial charge in [0.2, 0.25) is 5.88 Å². The number of nitrogens with one attached hydrogen (secondary N) is 1. The molecule has 7 heterocycles. The SMILES string of the molecule is COc1ccc(CN2C3CC2CN(c2ccc(-c4c(C#N)cnc5[nH]cc(OCCF)c45)cn2)C3)cn1. The van der Waals surface area contributed by atoms with Crippen molar-refractivity contribution < 1.29 is 13.9 Å². The lowest BCUT2D eigenvalue weighted by Crippen LogP contribution is -2.68. The molecule has 1 N–H and O–H groups in total. The summed E-state index contributed by atoms with van der Waals surface area (Å²) in [5.41, 5.74) is 3.64. The number of nitrogens with zero attached hydrogens (tertiary/aromatic N) is 6. The average Bonchev–Trinajstić information content (AvgIpc) is 3.37. The van der Waals surface area contributed by atoms with Crippen LogP contribution >= 0.6 is 0 Å². The lowest BCUT2D eigenvalue weighted by Gasteiger charge is -2.56. The lowest BCUT2D eigenvalue weighted by molar-refractivity contribution is -0.00876. The maximum Gasteiger partial charge on any atom is 0.212 e. The monoisotopic (exact) mass is 499 g/mol. The van der Waals surface area contributed by atoms with Crippen molar-refractivity contribution in [2.75, 3.05) is 38.4 Å². The van der Waals surface area contributed by atoms with Crippen LogP contribution in [0, 0.1) is 11.3 Å². The number of hydrogen-bond acceptors (Lipinski definition) is 8. The standard InChI is InChI=1S/C27H26FN7O2/c1-36-24-5-2-17(10-31-24)14-35-20-8-21(35)16-34(15-20)23-4-3-18(11-30-23)25-19(9-29)12-32-27-26(25)22(13-33-27)37-7-6-28/h2-5,10-13,20-21H,6-8,14-16H2,1H3,(H,32,33). The molecule has 3 fully saturated rings. The molecule has 4 aromatic rings. The van der Waals surface area contributed by atoms with Gasteiger partial charge in [0.25, 0.3) is 0 Å². The van der Waals surface area contributed by atoms with Crippen molar-refractivity contribution in [3.05, 3.63) is 60.2 Å². The van der Waals surface area contributed by atoms with Gasteiger partial charge in [0.15, 0.2) is 0 Å². The predicted octanol–water partition coefficient (Wildman–Crippen LogP) is 3.71. The summed E-state index contributed by atoms with van der Waals surface area (Å²) in [6, 6.07) is 11.1. The van der Waals surface area contributed by atoms with Crippen LogP contribution in [0.4, 0.5) is 10.2 Å². The average molecular weight is 500 g/mol. The van der Waals surface area contributed by atoms with Crippen LogP contribution in [-0.2, 0) is 6.54 Å². The summed E-state index contributed by atoms with van der Waals surface area (Å²) >= 11 is 0. The number of rotatable bonds is 8. The third-order valence-electron chi connectivity index (χ3n) is 7.20. The second-order valence-electron chi connectivity index (χ2n) is 9.31. The van der Waals surface area contributed by atoms with Crippen LogP contribution in [0.2, 0.25) is 0 Å². The van der Waals surface area contributed by atoms with E-state index in [9.17, 15) is 9.65 Å². The molecule has 9 nitrogen and oxygen atoms in total. The molecule has 4 aromatic heterocycles. The van der Waals surface area contributed by atoms with Gasteiger partial charge in [0, 0.05) is 73.7 Å². The number of ether oxygens (including phenoxy) is 2. The maximum atomic E-state index is 12.7. The van der Waals surface area contributed by atoms with Gasteiger partial charge in [-0.1, -0.05) is 6.07 Å². The zero-order valence-electron chi connectivity index (χ0n) is 20.4. The van der Waals surface area contributed by atoms with Crippen LogP contribution in [0.15, 0.2) is 49.1 Å². The molecule has 3 aliphatic rings. The number of halogens is 1. The zero-order chi connectivity index (χ0) is 25.4. The summed E-state index contributed by atoms with van der Waals surface area (Å²) in [4.78, 5) is 21.3. The van der Waals surface area contributed by atoms with Gasteiger partial charge >= 0.3 is 0 Å². The molecule has 3 aliphatic heterocycles. The van der Waals surface area contributed by atoms with E-state index < -0.39 is 6.67 Å². The molecule has 2 unspecified atom stereocenters. The van der Waals surface area contributed by atoms with Gasteiger partial charge < -0.3 is 19.4 Å². The quantitative estimate of drug-likeness (QED) is 0.391. The number of aromatic amines is 1. The molecule has 7 rings (SSSR count). The minimum absolute atomic E-state index is 0.0658. The van der Waals surface area contributed by atoms with Crippen molar-refractivity contribution in [2.45, 2.75) is 25.0 Å². The number of methoxy groups -OCH3 is 1. The minimum Gasteiger partial charge on any atom is -0.489 e. The van der Waals surface area contributed by atoms with Gasteiger partial charge in [-0.15, -0.1) is 0 Å². The molecule has 0 radical (unpaired) electrons. The number of nitriles is 1. The normalized spacial score (nSPS) is 18.9. The Bertz CT molecular complexity index is 1440. The smallest absolute Gasteiger partial charge is 0.212 e. The van der Waals surface area contributed by atoms with Gasteiger partial charge in [0.1, 0.15) is 36.6 Å². The van der Waals surface area contributed by atoms with Crippen molar-refractivity contribution >= 4 is 16.9 Å². The number of pyridine rings is 3. The van der Waals surface area contributed by atoms with Crippen molar-refractivity contribution in [1.29, 1.82) is 5.26 Å². The summed E-state index contributed by atoms with van der Waals surface area (Å²) in [7, 11) is 1.62. The van der Waals surface area contributed by atoms with E-state index in [0.717, 1.165) is 31.0 Å². The molecule has 188 valence electrons. The second-order valence-corrected chi connectivity index (χ2v) is 9.31. The van der Waals surface area contributed by atoms with Crippen LogP contribution < -0.4 is 14.4 Å². The van der Waals surface area contributed by atoms with Crippen LogP contribution in [0.5, 0.6) is 11.6 Å². The summed E-state index contributed by atoms with van der Waals surface area (Å²) in [5.74, 6) is 2.01. The highest BCUT2D eigenvalue weighted by Crippen LogP contribution is 2.38. The first kappa shape index (κ1) is 23.2. The fourth-order valence-corrected chi connectivity index (χ4v) is 5.40. The van der Waals surface area contributed by atoms with Crippen molar-refractivity contribution in [3.63, 3.8) is 0 Å². The molecule has 2 bridgehead atoms. The Morgan fingerprint density at radius 1 is 1.11 bits per heavy atom. The third-order valence-corrected chi connectivity index (χ3v) is 7.20. The first-order valence-electron chi connectivity index (χ1n) is 12.2. The molecular formula is C27H26FN7O2. The van der Waals surface area contributed by atoms with Gasteiger partial charge in [-0.2, -0.15) is 5.26 Å². The molecule has 2 atom stereocenters. The molecule has 3 saturated heterocycles. The minimum atomic E-state index is -0.601. The molecule has 37 heavy (non-hydrogen) atoms. The number of hydrogen-bond donors (Lipinski definition) is 1. The molecule has 0 spiro atoms.